The summed E-state index contributed by atoms with van der Waals surface area (Å²) >= 11 is 0. The van der Waals surface area contributed by atoms with Crippen LogP contribution in [0.15, 0.2) is 40.8 Å². The molecule has 2 aromatic rings. The number of nitrogens with zero attached hydrogens (tertiary/aromatic N) is 1. The molecule has 4 nitrogen and oxygen atoms in total. The first-order valence-electron chi connectivity index (χ1n) is 7.37. The van der Waals surface area contributed by atoms with Gasteiger partial charge in [-0.15, -0.1) is 0 Å². The molecule has 110 valence electrons. The molecule has 0 atom stereocenters. The van der Waals surface area contributed by atoms with Crippen molar-refractivity contribution in [3.8, 4) is 0 Å². The summed E-state index contributed by atoms with van der Waals surface area (Å²) in [5, 5.41) is 3.06. The summed E-state index contributed by atoms with van der Waals surface area (Å²) in [6.45, 7) is 2.02. The van der Waals surface area contributed by atoms with Crippen LogP contribution in [0.25, 0.3) is 0 Å². The number of furan rings is 1. The summed E-state index contributed by atoms with van der Waals surface area (Å²) in [5.41, 5.74) is 1.98. The van der Waals surface area contributed by atoms with E-state index in [1.807, 2.05) is 42.3 Å². The van der Waals surface area contributed by atoms with E-state index in [2.05, 4.69) is 11.4 Å². The van der Waals surface area contributed by atoms with Crippen molar-refractivity contribution in [2.24, 2.45) is 0 Å². The lowest BCUT2D eigenvalue weighted by molar-refractivity contribution is 0.0736. The summed E-state index contributed by atoms with van der Waals surface area (Å²) in [5.74, 6) is 1.85. The van der Waals surface area contributed by atoms with Gasteiger partial charge in [0, 0.05) is 12.1 Å². The third-order valence-corrected chi connectivity index (χ3v) is 3.82. The van der Waals surface area contributed by atoms with Crippen LogP contribution in [0.1, 0.15) is 33.9 Å². The molecule has 1 amide bonds. The average Bonchev–Trinajstić information content (AvgIpc) is 2.87. The topological polar surface area (TPSA) is 45.5 Å². The fourth-order valence-electron chi connectivity index (χ4n) is 2.79. The Morgan fingerprint density at radius 2 is 2.00 bits per heavy atom. The lowest BCUT2D eigenvalue weighted by Gasteiger charge is -2.19. The van der Waals surface area contributed by atoms with E-state index in [4.69, 9.17) is 4.42 Å². The van der Waals surface area contributed by atoms with Gasteiger partial charge in [0.15, 0.2) is 0 Å². The highest BCUT2D eigenvalue weighted by molar-refractivity contribution is 5.96. The molecule has 0 aliphatic carbocycles. The van der Waals surface area contributed by atoms with Crippen molar-refractivity contribution in [3.05, 3.63) is 59.0 Å². The van der Waals surface area contributed by atoms with E-state index in [0.717, 1.165) is 42.0 Å². The zero-order chi connectivity index (χ0) is 14.7. The summed E-state index contributed by atoms with van der Waals surface area (Å²) < 4.78 is 5.75. The molecule has 0 fully saturated rings. The van der Waals surface area contributed by atoms with Crippen LogP contribution in [0.5, 0.6) is 0 Å². The summed E-state index contributed by atoms with van der Waals surface area (Å²) in [4.78, 5) is 14.5. The Morgan fingerprint density at radius 3 is 2.86 bits per heavy atom. The molecule has 0 spiro atoms. The zero-order valence-electron chi connectivity index (χ0n) is 12.3. The zero-order valence-corrected chi connectivity index (χ0v) is 12.3. The first-order chi connectivity index (χ1) is 10.3. The fraction of sp³-hybridized carbons (Fsp3) is 0.353. The van der Waals surface area contributed by atoms with Gasteiger partial charge in [0.25, 0.3) is 5.91 Å². The van der Waals surface area contributed by atoms with Gasteiger partial charge in [-0.1, -0.05) is 18.2 Å². The molecule has 2 heterocycles. The third kappa shape index (κ3) is 3.00. The SMILES string of the molecule is CNCc1ccc(CN2CCCc3ccccc3C2=O)o1. The van der Waals surface area contributed by atoms with Crippen molar-refractivity contribution >= 4 is 5.91 Å². The Kier molecular flexibility index (Phi) is 4.06. The van der Waals surface area contributed by atoms with E-state index in [-0.39, 0.29) is 5.91 Å². The van der Waals surface area contributed by atoms with Gasteiger partial charge in [-0.3, -0.25) is 4.79 Å². The van der Waals surface area contributed by atoms with E-state index in [1.54, 1.807) is 0 Å². The second-order valence-corrected chi connectivity index (χ2v) is 5.39. The van der Waals surface area contributed by atoms with Crippen molar-refractivity contribution in [3.63, 3.8) is 0 Å². The van der Waals surface area contributed by atoms with Crippen LogP contribution in [0, 0.1) is 0 Å². The van der Waals surface area contributed by atoms with Gasteiger partial charge in [0.1, 0.15) is 11.5 Å². The predicted octanol–water partition coefficient (Wildman–Crippen LogP) is 2.59. The molecular formula is C17H20N2O2. The van der Waals surface area contributed by atoms with Gasteiger partial charge in [0.05, 0.1) is 13.1 Å². The number of carbonyl (C=O) groups is 1. The van der Waals surface area contributed by atoms with Crippen LogP contribution in [-0.2, 0) is 19.5 Å². The van der Waals surface area contributed by atoms with Gasteiger partial charge in [-0.2, -0.15) is 0 Å². The van der Waals surface area contributed by atoms with Crippen molar-refractivity contribution < 1.29 is 9.21 Å². The fourth-order valence-corrected chi connectivity index (χ4v) is 2.79. The van der Waals surface area contributed by atoms with Crippen molar-refractivity contribution in [2.45, 2.75) is 25.9 Å². The van der Waals surface area contributed by atoms with Crippen LogP contribution >= 0.6 is 0 Å². The number of hydrogen-bond acceptors (Lipinski definition) is 3. The molecule has 0 bridgehead atoms. The molecule has 0 saturated carbocycles. The summed E-state index contributed by atoms with van der Waals surface area (Å²) in [6, 6.07) is 11.8. The molecule has 1 aromatic carbocycles. The van der Waals surface area contributed by atoms with Crippen LogP contribution in [0.2, 0.25) is 0 Å². The molecule has 3 rings (SSSR count). The van der Waals surface area contributed by atoms with E-state index in [0.29, 0.717) is 13.1 Å². The molecular weight excluding hydrogens is 264 g/mol. The maximum absolute atomic E-state index is 12.6. The molecule has 0 saturated heterocycles. The normalized spacial score (nSPS) is 14.9. The Labute approximate surface area is 124 Å². The van der Waals surface area contributed by atoms with E-state index in [9.17, 15) is 4.79 Å². The molecule has 1 N–H and O–H groups in total. The summed E-state index contributed by atoms with van der Waals surface area (Å²) in [6.07, 6.45) is 1.95. The van der Waals surface area contributed by atoms with Crippen molar-refractivity contribution in [1.29, 1.82) is 0 Å². The number of rotatable bonds is 4. The monoisotopic (exact) mass is 284 g/mol. The van der Waals surface area contributed by atoms with Gasteiger partial charge in [0.2, 0.25) is 0 Å². The van der Waals surface area contributed by atoms with Crippen LogP contribution in [0.4, 0.5) is 0 Å². The van der Waals surface area contributed by atoms with Crippen LogP contribution in [-0.4, -0.2) is 24.4 Å². The van der Waals surface area contributed by atoms with E-state index < -0.39 is 0 Å². The minimum atomic E-state index is 0.106. The smallest absolute Gasteiger partial charge is 0.254 e. The summed E-state index contributed by atoms with van der Waals surface area (Å²) in [7, 11) is 1.89. The van der Waals surface area contributed by atoms with Crippen LogP contribution < -0.4 is 5.32 Å². The lowest BCUT2D eigenvalue weighted by atomic mass is 10.0. The first-order valence-corrected chi connectivity index (χ1v) is 7.37. The Bertz CT molecular complexity index is 633. The van der Waals surface area contributed by atoms with Crippen molar-refractivity contribution in [2.75, 3.05) is 13.6 Å². The molecule has 1 aromatic heterocycles. The third-order valence-electron chi connectivity index (χ3n) is 3.82. The molecule has 0 radical (unpaired) electrons. The van der Waals surface area contributed by atoms with Crippen LogP contribution in [0.3, 0.4) is 0 Å². The molecule has 0 unspecified atom stereocenters. The standard InChI is InChI=1S/C17H20N2O2/c1-18-11-14-8-9-15(21-14)12-19-10-4-6-13-5-2-3-7-16(13)17(19)20/h2-3,5,7-9,18H,4,6,10-12H2,1H3. The van der Waals surface area contributed by atoms with Gasteiger partial charge >= 0.3 is 0 Å². The highest BCUT2D eigenvalue weighted by Crippen LogP contribution is 2.20. The predicted molar refractivity (Wildman–Crippen MR) is 81.0 cm³/mol. The number of nitrogens with one attached hydrogen (secondary N) is 1. The van der Waals surface area contributed by atoms with Gasteiger partial charge in [-0.05, 0) is 43.7 Å². The van der Waals surface area contributed by atoms with Gasteiger partial charge < -0.3 is 14.6 Å². The van der Waals surface area contributed by atoms with Gasteiger partial charge in [-0.25, -0.2) is 0 Å². The van der Waals surface area contributed by atoms with Crippen molar-refractivity contribution in [1.82, 2.24) is 10.2 Å². The molecule has 1 aliphatic rings. The number of amides is 1. The minimum absolute atomic E-state index is 0.106. The molecule has 21 heavy (non-hydrogen) atoms. The van der Waals surface area contributed by atoms with E-state index in [1.165, 1.54) is 0 Å². The largest absolute Gasteiger partial charge is 0.463 e. The lowest BCUT2D eigenvalue weighted by Crippen LogP contribution is -2.30. The minimum Gasteiger partial charge on any atom is -0.463 e. The highest BCUT2D eigenvalue weighted by atomic mass is 16.3. The second kappa shape index (κ2) is 6.14. The maximum atomic E-state index is 12.6. The Balaban J connectivity index is 1.77. The first kappa shape index (κ1) is 13.9. The number of carbonyl (C=O) groups excluding carboxylic acids is 1. The Morgan fingerprint density at radius 1 is 1.19 bits per heavy atom. The quantitative estimate of drug-likeness (QED) is 0.938. The second-order valence-electron chi connectivity index (χ2n) is 5.39. The number of hydrogen-bond donors (Lipinski definition) is 1. The highest BCUT2D eigenvalue weighted by Gasteiger charge is 2.22. The Hall–Kier alpha value is -2.07. The number of benzene rings is 1. The molecule has 4 heteroatoms. The maximum Gasteiger partial charge on any atom is 0.254 e. The number of fused-ring (bicyclic) bond motifs is 1. The average molecular weight is 284 g/mol. The van der Waals surface area contributed by atoms with E-state index >= 15 is 0 Å². The molecule has 1 aliphatic heterocycles. The number of aryl methyl sites for hydroxylation is 1.